The summed E-state index contributed by atoms with van der Waals surface area (Å²) in [6.45, 7) is 8.52. The second kappa shape index (κ2) is 6.49. The van der Waals surface area contributed by atoms with Crippen LogP contribution in [0, 0.1) is 0 Å². The lowest BCUT2D eigenvalue weighted by Crippen LogP contribution is -2.48. The number of fused-ring (bicyclic) bond motifs is 1. The summed E-state index contributed by atoms with van der Waals surface area (Å²) in [5.74, 6) is 0. The Morgan fingerprint density at radius 3 is 2.60 bits per heavy atom. The van der Waals surface area contributed by atoms with Crippen molar-refractivity contribution in [1.82, 2.24) is 4.90 Å². The molecular formula is C13H29NO. The third-order valence-electron chi connectivity index (χ3n) is 3.67. The molecule has 0 aromatic carbocycles. The van der Waals surface area contributed by atoms with Crippen molar-refractivity contribution in [2.24, 2.45) is 0 Å². The molecular weight excluding hydrogens is 186 g/mol. The van der Waals surface area contributed by atoms with Crippen LogP contribution in [0.4, 0.5) is 0 Å². The number of hydrogen-bond donors (Lipinski definition) is 0. The molecule has 0 radical (unpaired) electrons. The normalized spacial score (nSPS) is 35.6. The average molecular weight is 215 g/mol. The number of likely N-dealkylation sites (N-methyl/N-ethyl adjacent to an activating group) is 1. The van der Waals surface area contributed by atoms with Crippen LogP contribution in [-0.2, 0) is 4.74 Å². The molecule has 1 heterocycles. The molecule has 0 amide bonds. The summed E-state index contributed by atoms with van der Waals surface area (Å²) >= 11 is 0. The lowest BCUT2D eigenvalue weighted by molar-refractivity contribution is -0.00791. The molecule has 2 nitrogen and oxygen atoms in total. The maximum absolute atomic E-state index is 5.86. The van der Waals surface area contributed by atoms with Crippen LogP contribution in [-0.4, -0.2) is 36.7 Å². The molecule has 15 heavy (non-hydrogen) atoms. The van der Waals surface area contributed by atoms with Crippen LogP contribution in [0.1, 0.15) is 53.9 Å². The maximum atomic E-state index is 5.86. The monoisotopic (exact) mass is 215 g/mol. The van der Waals surface area contributed by atoms with E-state index in [-0.39, 0.29) is 7.43 Å². The van der Waals surface area contributed by atoms with Gasteiger partial charge in [0.2, 0.25) is 0 Å². The Morgan fingerprint density at radius 1 is 1.27 bits per heavy atom. The van der Waals surface area contributed by atoms with Gasteiger partial charge in [-0.25, -0.2) is 0 Å². The second-order valence-corrected chi connectivity index (χ2v) is 4.38. The molecule has 2 fully saturated rings. The van der Waals surface area contributed by atoms with Crippen LogP contribution in [0.5, 0.6) is 0 Å². The van der Waals surface area contributed by atoms with Crippen LogP contribution >= 0.6 is 0 Å². The number of hydrogen-bond acceptors (Lipinski definition) is 2. The fourth-order valence-corrected chi connectivity index (χ4v) is 2.60. The third kappa shape index (κ3) is 2.94. The Balaban J connectivity index is 0.000000617. The standard InChI is InChI=1S/C10H19NO.C2H6.CH4/c1-10-6-3-5-9(10)12-8-4-7-11(10)2;1-2;/h9H,3-8H2,1-2H3;1-2H3;1H4/t9-,10+;;/m1../s1. The zero-order valence-electron chi connectivity index (χ0n) is 10.2. The van der Waals surface area contributed by atoms with E-state index in [1.165, 1.54) is 32.2 Å². The molecule has 2 aliphatic rings. The molecule has 2 atom stereocenters. The van der Waals surface area contributed by atoms with Gasteiger partial charge in [0, 0.05) is 18.7 Å². The number of ether oxygens (including phenoxy) is 1. The summed E-state index contributed by atoms with van der Waals surface area (Å²) in [6.07, 6.45) is 5.62. The Bertz CT molecular complexity index is 172. The zero-order chi connectivity index (χ0) is 10.6. The summed E-state index contributed by atoms with van der Waals surface area (Å²) in [5.41, 5.74) is 0.344. The molecule has 1 saturated heterocycles. The summed E-state index contributed by atoms with van der Waals surface area (Å²) < 4.78 is 5.86. The molecule has 1 saturated carbocycles. The first-order valence-corrected chi connectivity index (χ1v) is 6.06. The first-order chi connectivity index (χ1) is 6.73. The fraction of sp³-hybridized carbons (Fsp3) is 1.00. The van der Waals surface area contributed by atoms with Gasteiger partial charge in [0.05, 0.1) is 6.10 Å². The SMILES string of the molecule is C.CC.CN1CCCO[C@@H]2CCC[C@@]21C. The van der Waals surface area contributed by atoms with E-state index in [0.29, 0.717) is 11.6 Å². The van der Waals surface area contributed by atoms with E-state index in [9.17, 15) is 0 Å². The van der Waals surface area contributed by atoms with Crippen molar-refractivity contribution in [1.29, 1.82) is 0 Å². The van der Waals surface area contributed by atoms with E-state index in [0.717, 1.165) is 6.61 Å². The van der Waals surface area contributed by atoms with Crippen molar-refractivity contribution in [2.75, 3.05) is 20.2 Å². The van der Waals surface area contributed by atoms with Crippen molar-refractivity contribution in [3.8, 4) is 0 Å². The quantitative estimate of drug-likeness (QED) is 0.614. The Morgan fingerprint density at radius 2 is 1.93 bits per heavy atom. The predicted molar refractivity (Wildman–Crippen MR) is 67.3 cm³/mol. The van der Waals surface area contributed by atoms with E-state index in [1.54, 1.807) is 0 Å². The smallest absolute Gasteiger partial charge is 0.0755 e. The van der Waals surface area contributed by atoms with Crippen LogP contribution in [0.25, 0.3) is 0 Å². The summed E-state index contributed by atoms with van der Waals surface area (Å²) in [4.78, 5) is 2.50. The van der Waals surface area contributed by atoms with Crippen molar-refractivity contribution >= 4 is 0 Å². The molecule has 0 aromatic heterocycles. The minimum Gasteiger partial charge on any atom is -0.376 e. The van der Waals surface area contributed by atoms with E-state index in [2.05, 4.69) is 18.9 Å². The molecule has 1 aliphatic carbocycles. The van der Waals surface area contributed by atoms with Crippen LogP contribution in [0.15, 0.2) is 0 Å². The lowest BCUT2D eigenvalue weighted by atomic mass is 9.96. The first kappa shape index (κ1) is 14.9. The van der Waals surface area contributed by atoms with Gasteiger partial charge < -0.3 is 4.74 Å². The minimum atomic E-state index is 0. The van der Waals surface area contributed by atoms with Crippen molar-refractivity contribution in [3.63, 3.8) is 0 Å². The Labute approximate surface area is 96.0 Å². The van der Waals surface area contributed by atoms with Gasteiger partial charge in [-0.2, -0.15) is 0 Å². The highest BCUT2D eigenvalue weighted by Crippen LogP contribution is 2.37. The largest absolute Gasteiger partial charge is 0.376 e. The van der Waals surface area contributed by atoms with Gasteiger partial charge in [0.1, 0.15) is 0 Å². The summed E-state index contributed by atoms with van der Waals surface area (Å²) in [6, 6.07) is 0. The van der Waals surface area contributed by atoms with Gasteiger partial charge in [-0.3, -0.25) is 4.90 Å². The minimum absolute atomic E-state index is 0. The molecule has 0 bridgehead atoms. The first-order valence-electron chi connectivity index (χ1n) is 6.06. The van der Waals surface area contributed by atoms with Gasteiger partial charge in [-0.15, -0.1) is 0 Å². The van der Waals surface area contributed by atoms with E-state index >= 15 is 0 Å². The van der Waals surface area contributed by atoms with Crippen LogP contribution in [0.2, 0.25) is 0 Å². The topological polar surface area (TPSA) is 12.5 Å². The van der Waals surface area contributed by atoms with E-state index in [1.807, 2.05) is 13.8 Å². The zero-order valence-corrected chi connectivity index (χ0v) is 10.2. The van der Waals surface area contributed by atoms with Gasteiger partial charge in [0.15, 0.2) is 0 Å². The van der Waals surface area contributed by atoms with Gasteiger partial charge in [-0.05, 0) is 39.7 Å². The Hall–Kier alpha value is -0.0800. The van der Waals surface area contributed by atoms with E-state index in [4.69, 9.17) is 4.74 Å². The van der Waals surface area contributed by atoms with E-state index < -0.39 is 0 Å². The predicted octanol–water partition coefficient (Wildman–Crippen LogP) is 3.31. The summed E-state index contributed by atoms with van der Waals surface area (Å²) in [7, 11) is 2.24. The van der Waals surface area contributed by atoms with Gasteiger partial charge in [0.25, 0.3) is 0 Å². The lowest BCUT2D eigenvalue weighted by Gasteiger charge is -2.37. The maximum Gasteiger partial charge on any atom is 0.0755 e. The fourth-order valence-electron chi connectivity index (χ4n) is 2.60. The second-order valence-electron chi connectivity index (χ2n) is 4.38. The van der Waals surface area contributed by atoms with Crippen LogP contribution in [0.3, 0.4) is 0 Å². The molecule has 2 heteroatoms. The number of nitrogens with zero attached hydrogens (tertiary/aromatic N) is 1. The average Bonchev–Trinajstić information content (AvgIpc) is 2.53. The van der Waals surface area contributed by atoms with Gasteiger partial charge >= 0.3 is 0 Å². The molecule has 0 unspecified atom stereocenters. The third-order valence-corrected chi connectivity index (χ3v) is 3.67. The van der Waals surface area contributed by atoms with Gasteiger partial charge in [-0.1, -0.05) is 21.3 Å². The molecule has 0 spiro atoms. The highest BCUT2D eigenvalue weighted by atomic mass is 16.5. The Kier molecular flexibility index (Phi) is 6.46. The number of rotatable bonds is 0. The van der Waals surface area contributed by atoms with Crippen LogP contribution < -0.4 is 0 Å². The van der Waals surface area contributed by atoms with Crippen molar-refractivity contribution in [3.05, 3.63) is 0 Å². The molecule has 2 rings (SSSR count). The molecule has 92 valence electrons. The van der Waals surface area contributed by atoms with Crippen molar-refractivity contribution in [2.45, 2.75) is 65.5 Å². The highest BCUT2D eigenvalue weighted by molar-refractivity contribution is 4.98. The highest BCUT2D eigenvalue weighted by Gasteiger charge is 2.43. The van der Waals surface area contributed by atoms with Crippen molar-refractivity contribution < 1.29 is 4.74 Å². The molecule has 0 N–H and O–H groups in total. The molecule has 0 aromatic rings. The molecule has 1 aliphatic heterocycles. The summed E-state index contributed by atoms with van der Waals surface area (Å²) in [5, 5.41) is 0.